The predicted molar refractivity (Wildman–Crippen MR) is 158 cm³/mol. The summed E-state index contributed by atoms with van der Waals surface area (Å²) >= 11 is 0. The molecule has 41 heavy (non-hydrogen) atoms. The number of ether oxygens (including phenoxy) is 2. The number of nitrogens with two attached hydrogens (primary N) is 1. The summed E-state index contributed by atoms with van der Waals surface area (Å²) in [5.41, 5.74) is 11.6. The third-order valence-electron chi connectivity index (χ3n) is 9.61. The van der Waals surface area contributed by atoms with Gasteiger partial charge in [0.25, 0.3) is 0 Å². The number of hydrogen-bond donors (Lipinski definition) is 1. The minimum atomic E-state index is -0.435. The standard InChI is InChI=1S/C34H36N4O3/c35-34(39)25-9-14-32-31(15-25)33(36-37(32)18-21-1-3-22(4-2-21)23-5-6-23)24-7-12-29(13-8-24)41-30-16-26-10-11-27(17-30)38(26)28-19-40-20-28/h1-4,7-9,12-15,23,26-28,30H,5-6,10-11,16-20H2,(H2,35,39). The second-order valence-corrected chi connectivity index (χ2v) is 12.4. The van der Waals surface area contributed by atoms with Crippen LogP contribution in [0.3, 0.4) is 0 Å². The van der Waals surface area contributed by atoms with Crippen LogP contribution in [0.5, 0.6) is 5.75 Å². The van der Waals surface area contributed by atoms with Gasteiger partial charge < -0.3 is 15.2 Å². The monoisotopic (exact) mass is 548 g/mol. The molecule has 0 radical (unpaired) electrons. The van der Waals surface area contributed by atoms with E-state index in [4.69, 9.17) is 20.3 Å². The first-order valence-electron chi connectivity index (χ1n) is 15.1. The zero-order valence-corrected chi connectivity index (χ0v) is 23.2. The summed E-state index contributed by atoms with van der Waals surface area (Å²) in [7, 11) is 0. The van der Waals surface area contributed by atoms with Crippen molar-refractivity contribution in [1.29, 1.82) is 0 Å². The van der Waals surface area contributed by atoms with Crippen molar-refractivity contribution in [3.05, 3.63) is 83.4 Å². The van der Waals surface area contributed by atoms with Gasteiger partial charge in [-0.15, -0.1) is 0 Å². The molecule has 1 aliphatic carbocycles. The van der Waals surface area contributed by atoms with E-state index in [1.54, 1.807) is 6.07 Å². The number of nitrogens with zero attached hydrogens (tertiary/aromatic N) is 3. The average molecular weight is 549 g/mol. The van der Waals surface area contributed by atoms with Crippen LogP contribution in [0.15, 0.2) is 66.7 Å². The molecule has 2 N–H and O–H groups in total. The average Bonchev–Trinajstić information content (AvgIpc) is 3.70. The van der Waals surface area contributed by atoms with Crippen LogP contribution in [0.4, 0.5) is 0 Å². The van der Waals surface area contributed by atoms with Gasteiger partial charge >= 0.3 is 0 Å². The number of amides is 1. The van der Waals surface area contributed by atoms with Crippen LogP contribution in [0.1, 0.15) is 65.9 Å². The molecular weight excluding hydrogens is 512 g/mol. The lowest BCUT2D eigenvalue weighted by Gasteiger charge is -2.46. The summed E-state index contributed by atoms with van der Waals surface area (Å²) in [5, 5.41) is 5.97. The third kappa shape index (κ3) is 4.71. The molecule has 4 aromatic rings. The van der Waals surface area contributed by atoms with E-state index in [2.05, 4.69) is 53.4 Å². The second-order valence-electron chi connectivity index (χ2n) is 12.4. The van der Waals surface area contributed by atoms with Crippen molar-refractivity contribution in [1.82, 2.24) is 14.7 Å². The summed E-state index contributed by atoms with van der Waals surface area (Å²) in [4.78, 5) is 14.7. The quantitative estimate of drug-likeness (QED) is 0.314. The Hall–Kier alpha value is -3.68. The Bertz CT molecular complexity index is 1570. The molecule has 1 aromatic heterocycles. The van der Waals surface area contributed by atoms with E-state index >= 15 is 0 Å². The number of rotatable bonds is 8. The van der Waals surface area contributed by atoms with Crippen molar-refractivity contribution in [2.45, 2.75) is 75.2 Å². The van der Waals surface area contributed by atoms with E-state index in [-0.39, 0.29) is 6.10 Å². The van der Waals surface area contributed by atoms with E-state index in [9.17, 15) is 4.79 Å². The smallest absolute Gasteiger partial charge is 0.248 e. The van der Waals surface area contributed by atoms with Crippen molar-refractivity contribution in [2.24, 2.45) is 5.73 Å². The van der Waals surface area contributed by atoms with Crippen molar-refractivity contribution < 1.29 is 14.3 Å². The van der Waals surface area contributed by atoms with Gasteiger partial charge in [-0.2, -0.15) is 5.10 Å². The number of piperidine rings is 1. The first-order valence-corrected chi connectivity index (χ1v) is 15.1. The summed E-state index contributed by atoms with van der Waals surface area (Å²) in [6.45, 7) is 2.43. The summed E-state index contributed by atoms with van der Waals surface area (Å²) in [6, 6.07) is 24.7. The molecule has 4 fully saturated rings. The number of aromatic nitrogens is 2. The summed E-state index contributed by atoms with van der Waals surface area (Å²) < 4.78 is 14.0. The van der Waals surface area contributed by atoms with Crippen LogP contribution >= 0.6 is 0 Å². The molecule has 7 nitrogen and oxygen atoms in total. The maximum Gasteiger partial charge on any atom is 0.248 e. The number of primary amides is 1. The van der Waals surface area contributed by atoms with Gasteiger partial charge in [0.05, 0.1) is 31.3 Å². The van der Waals surface area contributed by atoms with Crippen molar-refractivity contribution >= 4 is 16.8 Å². The highest BCUT2D eigenvalue weighted by Crippen LogP contribution is 2.41. The Balaban J connectivity index is 1.04. The van der Waals surface area contributed by atoms with Gasteiger partial charge in [-0.25, -0.2) is 0 Å². The van der Waals surface area contributed by atoms with Crippen LogP contribution in [0.2, 0.25) is 0 Å². The fraction of sp³-hybridized carbons (Fsp3) is 0.412. The van der Waals surface area contributed by atoms with E-state index < -0.39 is 5.91 Å². The first kappa shape index (κ1) is 25.1. The van der Waals surface area contributed by atoms with Crippen LogP contribution in [0.25, 0.3) is 22.2 Å². The number of hydrogen-bond acceptors (Lipinski definition) is 5. The molecule has 3 saturated heterocycles. The van der Waals surface area contributed by atoms with E-state index in [1.807, 2.05) is 16.8 Å². The molecule has 1 amide bonds. The molecular formula is C34H36N4O3. The minimum absolute atomic E-state index is 0.250. The molecule has 1 saturated carbocycles. The molecule has 210 valence electrons. The number of benzene rings is 3. The Labute approximate surface area is 240 Å². The van der Waals surface area contributed by atoms with Gasteiger partial charge in [-0.3, -0.25) is 14.4 Å². The van der Waals surface area contributed by atoms with E-state index in [0.717, 1.165) is 59.9 Å². The largest absolute Gasteiger partial charge is 0.490 e. The lowest BCUT2D eigenvalue weighted by atomic mass is 9.96. The zero-order chi connectivity index (χ0) is 27.5. The highest BCUT2D eigenvalue weighted by molar-refractivity contribution is 6.01. The normalized spacial score (nSPS) is 24.4. The van der Waals surface area contributed by atoms with Gasteiger partial charge in [0.1, 0.15) is 17.5 Å². The maximum atomic E-state index is 12.0. The lowest BCUT2D eigenvalue weighted by molar-refractivity contribution is -0.102. The van der Waals surface area contributed by atoms with Crippen LogP contribution in [0, 0.1) is 0 Å². The van der Waals surface area contributed by atoms with Gasteiger partial charge in [-0.05, 0) is 98.0 Å². The molecule has 2 atom stereocenters. The second kappa shape index (κ2) is 10.00. The van der Waals surface area contributed by atoms with Gasteiger partial charge in [-0.1, -0.05) is 24.3 Å². The molecule has 4 heterocycles. The topological polar surface area (TPSA) is 82.6 Å². The third-order valence-corrected chi connectivity index (χ3v) is 9.61. The predicted octanol–water partition coefficient (Wildman–Crippen LogP) is 5.50. The van der Waals surface area contributed by atoms with Crippen LogP contribution < -0.4 is 10.5 Å². The lowest BCUT2D eigenvalue weighted by Crippen LogP contribution is -2.57. The Morgan fingerprint density at radius 1 is 0.902 bits per heavy atom. The number of fused-ring (bicyclic) bond motifs is 3. The first-order chi connectivity index (χ1) is 20.1. The Morgan fingerprint density at radius 2 is 1.63 bits per heavy atom. The Morgan fingerprint density at radius 3 is 2.27 bits per heavy atom. The van der Waals surface area contributed by atoms with E-state index in [1.165, 1.54) is 36.8 Å². The fourth-order valence-corrected chi connectivity index (χ4v) is 7.29. The van der Waals surface area contributed by atoms with E-state index in [0.29, 0.717) is 30.2 Å². The number of carbonyl (C=O) groups is 1. The molecule has 4 aliphatic rings. The van der Waals surface area contributed by atoms with Crippen molar-refractivity contribution in [3.63, 3.8) is 0 Å². The van der Waals surface area contributed by atoms with Crippen LogP contribution in [-0.2, 0) is 11.3 Å². The summed E-state index contributed by atoms with van der Waals surface area (Å²) in [6.07, 6.45) is 7.56. The Kier molecular flexibility index (Phi) is 6.11. The van der Waals surface area contributed by atoms with Crippen molar-refractivity contribution in [2.75, 3.05) is 13.2 Å². The zero-order valence-electron chi connectivity index (χ0n) is 23.2. The molecule has 2 unspecified atom stereocenters. The molecule has 3 aromatic carbocycles. The van der Waals surface area contributed by atoms with Gasteiger partial charge in [0.2, 0.25) is 5.91 Å². The fourth-order valence-electron chi connectivity index (χ4n) is 7.29. The summed E-state index contributed by atoms with van der Waals surface area (Å²) in [5.74, 6) is 1.21. The van der Waals surface area contributed by atoms with Crippen LogP contribution in [-0.4, -0.2) is 58.0 Å². The molecule has 3 aliphatic heterocycles. The molecule has 0 spiro atoms. The molecule has 7 heteroatoms. The van der Waals surface area contributed by atoms with Gasteiger partial charge in [0, 0.05) is 28.6 Å². The maximum absolute atomic E-state index is 12.0. The highest BCUT2D eigenvalue weighted by Gasteiger charge is 2.46. The molecule has 8 rings (SSSR count). The molecule has 2 bridgehead atoms. The number of carbonyl (C=O) groups excluding carboxylic acids is 1. The van der Waals surface area contributed by atoms with Crippen molar-refractivity contribution in [3.8, 4) is 17.0 Å². The minimum Gasteiger partial charge on any atom is -0.490 e. The SMILES string of the molecule is NC(=O)c1ccc2c(c1)c(-c1ccc(OC3CC4CCC(C3)N4C3COC3)cc1)nn2Cc1ccc(C2CC2)cc1. The van der Waals surface area contributed by atoms with Gasteiger partial charge in [0.15, 0.2) is 0 Å². The highest BCUT2D eigenvalue weighted by atomic mass is 16.5.